The van der Waals surface area contributed by atoms with Crippen molar-refractivity contribution in [3.05, 3.63) is 89.6 Å². The fourth-order valence-corrected chi connectivity index (χ4v) is 5.66. The van der Waals surface area contributed by atoms with Crippen LogP contribution in [-0.2, 0) is 22.7 Å². The van der Waals surface area contributed by atoms with Crippen molar-refractivity contribution in [3.63, 3.8) is 0 Å². The summed E-state index contributed by atoms with van der Waals surface area (Å²) in [6.45, 7) is 8.13. The molecule has 0 radical (unpaired) electrons. The van der Waals surface area contributed by atoms with Crippen LogP contribution >= 0.6 is 0 Å². The van der Waals surface area contributed by atoms with Crippen LogP contribution in [0.15, 0.2) is 72.8 Å². The van der Waals surface area contributed by atoms with Crippen LogP contribution in [0.2, 0.25) is 0 Å². The second-order valence-electron chi connectivity index (χ2n) is 11.2. The highest BCUT2D eigenvalue weighted by Gasteiger charge is 2.41. The van der Waals surface area contributed by atoms with E-state index >= 15 is 0 Å². The molecule has 0 bridgehead atoms. The molecule has 214 valence electrons. The summed E-state index contributed by atoms with van der Waals surface area (Å²) in [4.78, 5) is 19.4. The molecule has 4 aromatic rings. The minimum atomic E-state index is -0.940. The number of carboxylic acid groups (broad SMARTS) is 1. The number of rotatable bonds is 8. The molecule has 0 aliphatic carbocycles. The molecule has 2 aliphatic heterocycles. The van der Waals surface area contributed by atoms with Gasteiger partial charge in [-0.05, 0) is 74.7 Å². The van der Waals surface area contributed by atoms with Crippen LogP contribution in [0.5, 0.6) is 5.75 Å². The van der Waals surface area contributed by atoms with Crippen LogP contribution in [0, 0.1) is 0 Å². The van der Waals surface area contributed by atoms with E-state index in [1.165, 1.54) is 0 Å². The van der Waals surface area contributed by atoms with Gasteiger partial charge in [0.15, 0.2) is 6.79 Å². The quantitative estimate of drug-likeness (QED) is 0.298. The molecule has 0 amide bonds. The Bertz CT molecular complexity index is 1490. The van der Waals surface area contributed by atoms with Crippen molar-refractivity contribution in [1.82, 2.24) is 14.7 Å². The van der Waals surface area contributed by atoms with Crippen LogP contribution in [0.4, 0.5) is 5.69 Å². The molecular weight excluding hydrogens is 520 g/mol. The highest BCUT2D eigenvalue weighted by atomic mass is 16.8. The largest absolute Gasteiger partial charge is 0.489 e. The normalized spacial score (nSPS) is 17.4. The van der Waals surface area contributed by atoms with Crippen molar-refractivity contribution < 1.29 is 24.2 Å². The summed E-state index contributed by atoms with van der Waals surface area (Å²) in [6, 6.07) is 23.5. The Morgan fingerprint density at radius 3 is 2.51 bits per heavy atom. The van der Waals surface area contributed by atoms with Crippen molar-refractivity contribution in [2.24, 2.45) is 0 Å². The second-order valence-corrected chi connectivity index (χ2v) is 11.2. The van der Waals surface area contributed by atoms with Crippen molar-refractivity contribution in [1.29, 1.82) is 0 Å². The Kier molecular flexibility index (Phi) is 7.66. The molecule has 2 fully saturated rings. The van der Waals surface area contributed by atoms with Gasteiger partial charge >= 0.3 is 5.97 Å². The lowest BCUT2D eigenvalue weighted by Crippen LogP contribution is -2.56. The van der Waals surface area contributed by atoms with Gasteiger partial charge in [-0.1, -0.05) is 30.3 Å². The average molecular weight is 557 g/mol. The zero-order chi connectivity index (χ0) is 28.4. The number of hydrogen-bond acceptors (Lipinski definition) is 7. The van der Waals surface area contributed by atoms with E-state index in [0.717, 1.165) is 66.1 Å². The summed E-state index contributed by atoms with van der Waals surface area (Å²) in [5.41, 5.74) is 4.09. The Hall–Kier alpha value is -3.92. The number of hydrogen-bond donors (Lipinski definition) is 1. The molecule has 41 heavy (non-hydrogen) atoms. The maximum Gasteiger partial charge on any atom is 0.335 e. The minimum Gasteiger partial charge on any atom is -0.489 e. The molecule has 9 nitrogen and oxygen atoms in total. The Labute approximate surface area is 239 Å². The fourth-order valence-electron chi connectivity index (χ4n) is 5.66. The second kappa shape index (κ2) is 11.5. The molecule has 3 aromatic carbocycles. The average Bonchev–Trinajstić information content (AvgIpc) is 3.36. The third-order valence-electron chi connectivity index (χ3n) is 8.04. The first-order valence-electron chi connectivity index (χ1n) is 14.2. The number of aromatic carboxylic acids is 1. The van der Waals surface area contributed by atoms with Gasteiger partial charge in [-0.15, -0.1) is 0 Å². The molecule has 0 saturated carbocycles. The SMILES string of the molecule is CC(C)n1nc(CN2CCC3(CC2)CN(c2ccc(C(=O)O)cc2)OCO3)c2cc(OCc3ccccc3)ccc21. The third-order valence-corrected chi connectivity index (χ3v) is 8.04. The van der Waals surface area contributed by atoms with E-state index in [0.29, 0.717) is 13.2 Å². The molecule has 9 heteroatoms. The molecule has 1 N–H and O–H groups in total. The van der Waals surface area contributed by atoms with E-state index < -0.39 is 5.97 Å². The number of ether oxygens (including phenoxy) is 2. The van der Waals surface area contributed by atoms with Gasteiger partial charge in [-0.3, -0.25) is 9.58 Å². The molecule has 0 unspecified atom stereocenters. The monoisotopic (exact) mass is 556 g/mol. The highest BCUT2D eigenvalue weighted by molar-refractivity contribution is 5.88. The number of fused-ring (bicyclic) bond motifs is 1. The minimum absolute atomic E-state index is 0.176. The Morgan fingerprint density at radius 1 is 1.05 bits per heavy atom. The first kappa shape index (κ1) is 27.3. The molecule has 2 saturated heterocycles. The summed E-state index contributed by atoms with van der Waals surface area (Å²) in [6.07, 6.45) is 1.74. The lowest BCUT2D eigenvalue weighted by molar-refractivity contribution is -0.207. The van der Waals surface area contributed by atoms with E-state index in [-0.39, 0.29) is 24.0 Å². The summed E-state index contributed by atoms with van der Waals surface area (Å²) in [5, 5.41) is 17.2. The number of carboxylic acids is 1. The number of hydroxylamine groups is 1. The first-order chi connectivity index (χ1) is 19.9. The topological polar surface area (TPSA) is 89.3 Å². The lowest BCUT2D eigenvalue weighted by Gasteiger charge is -2.47. The lowest BCUT2D eigenvalue weighted by atomic mass is 9.90. The third kappa shape index (κ3) is 5.93. The van der Waals surface area contributed by atoms with Gasteiger partial charge in [0.1, 0.15) is 12.4 Å². The van der Waals surface area contributed by atoms with Crippen LogP contribution in [0.3, 0.4) is 0 Å². The van der Waals surface area contributed by atoms with E-state index in [9.17, 15) is 9.90 Å². The van der Waals surface area contributed by atoms with E-state index in [4.69, 9.17) is 19.4 Å². The smallest absolute Gasteiger partial charge is 0.335 e. The van der Waals surface area contributed by atoms with Crippen molar-refractivity contribution in [3.8, 4) is 5.75 Å². The van der Waals surface area contributed by atoms with E-state index in [2.05, 4.69) is 47.7 Å². The van der Waals surface area contributed by atoms with Gasteiger partial charge in [0, 0.05) is 31.1 Å². The van der Waals surface area contributed by atoms with Gasteiger partial charge in [0.2, 0.25) is 0 Å². The van der Waals surface area contributed by atoms with Crippen LogP contribution < -0.4 is 9.80 Å². The Balaban J connectivity index is 1.13. The standard InChI is InChI=1S/C32H36N4O5/c1-23(2)36-30-13-12-27(39-20-24-6-4-3-5-7-24)18-28(30)29(33-36)19-34-16-14-32(15-17-34)21-35(41-22-40-32)26-10-8-25(9-11-26)31(37)38/h3-13,18,23H,14-17,19-22H2,1-2H3,(H,37,38). The maximum atomic E-state index is 11.2. The van der Waals surface area contributed by atoms with Crippen molar-refractivity contribution in [2.45, 2.75) is 51.5 Å². The summed E-state index contributed by atoms with van der Waals surface area (Å²) in [7, 11) is 0. The first-order valence-corrected chi connectivity index (χ1v) is 14.2. The predicted octanol–water partition coefficient (Wildman–Crippen LogP) is 5.65. The molecule has 1 spiro atoms. The van der Waals surface area contributed by atoms with Gasteiger partial charge in [0.25, 0.3) is 0 Å². The number of carbonyl (C=O) groups is 1. The molecule has 1 aromatic heterocycles. The zero-order valence-corrected chi connectivity index (χ0v) is 23.5. The van der Waals surface area contributed by atoms with Crippen LogP contribution in [0.1, 0.15) is 54.3 Å². The molecule has 6 rings (SSSR count). The fraction of sp³-hybridized carbons (Fsp3) is 0.375. The van der Waals surface area contributed by atoms with Crippen LogP contribution in [-0.4, -0.2) is 57.8 Å². The van der Waals surface area contributed by atoms with Gasteiger partial charge in [0.05, 0.1) is 34.6 Å². The van der Waals surface area contributed by atoms with Crippen molar-refractivity contribution >= 4 is 22.6 Å². The number of piperidine rings is 1. The number of anilines is 1. The summed E-state index contributed by atoms with van der Waals surface area (Å²) >= 11 is 0. The van der Waals surface area contributed by atoms with Gasteiger partial charge in [-0.25, -0.2) is 14.7 Å². The van der Waals surface area contributed by atoms with E-state index in [1.54, 1.807) is 24.3 Å². The van der Waals surface area contributed by atoms with E-state index in [1.807, 2.05) is 29.3 Å². The van der Waals surface area contributed by atoms with Gasteiger partial charge in [-0.2, -0.15) is 5.10 Å². The molecule has 2 aliphatic rings. The zero-order valence-electron chi connectivity index (χ0n) is 23.5. The summed E-state index contributed by atoms with van der Waals surface area (Å²) in [5.74, 6) is -0.0965. The summed E-state index contributed by atoms with van der Waals surface area (Å²) < 4.78 is 14.4. The highest BCUT2D eigenvalue weighted by Crippen LogP contribution is 2.34. The molecule has 0 atom stereocenters. The number of benzene rings is 3. The number of likely N-dealkylation sites (tertiary alicyclic amines) is 1. The Morgan fingerprint density at radius 2 is 1.80 bits per heavy atom. The predicted molar refractivity (Wildman–Crippen MR) is 156 cm³/mol. The van der Waals surface area contributed by atoms with Crippen LogP contribution in [0.25, 0.3) is 10.9 Å². The molecular formula is C32H36N4O5. The maximum absolute atomic E-state index is 11.2. The number of nitrogens with zero attached hydrogens (tertiary/aromatic N) is 4. The van der Waals surface area contributed by atoms with Gasteiger partial charge < -0.3 is 14.6 Å². The van der Waals surface area contributed by atoms with Crippen molar-refractivity contribution in [2.75, 3.05) is 31.5 Å². The number of aromatic nitrogens is 2. The molecule has 3 heterocycles.